The molecule has 1 heterocycles. The minimum atomic E-state index is -0.309. The third kappa shape index (κ3) is 3.85. The first kappa shape index (κ1) is 15.1. The van der Waals surface area contributed by atoms with Gasteiger partial charge in [0.25, 0.3) is 0 Å². The highest BCUT2D eigenvalue weighted by atomic mass is 16.5. The molecule has 0 saturated carbocycles. The van der Waals surface area contributed by atoms with Gasteiger partial charge in [0.15, 0.2) is 0 Å². The van der Waals surface area contributed by atoms with Crippen molar-refractivity contribution < 1.29 is 9.53 Å². The van der Waals surface area contributed by atoms with Gasteiger partial charge in [0.2, 0.25) is 0 Å². The van der Waals surface area contributed by atoms with Crippen molar-refractivity contribution in [2.24, 2.45) is 0 Å². The summed E-state index contributed by atoms with van der Waals surface area (Å²) >= 11 is 0. The lowest BCUT2D eigenvalue weighted by Crippen LogP contribution is -1.98. The normalized spacial score (nSPS) is 11.0. The average Bonchev–Trinajstić information content (AvgIpc) is 2.81. The Hall–Kier alpha value is -2.29. The van der Waals surface area contributed by atoms with E-state index in [1.54, 1.807) is 6.92 Å². The Labute approximate surface area is 125 Å². The molecular weight excluding hydrogens is 262 g/mol. The molecule has 0 atom stereocenters. The maximum absolute atomic E-state index is 11.5. The van der Waals surface area contributed by atoms with Gasteiger partial charge in [0.05, 0.1) is 6.61 Å². The van der Waals surface area contributed by atoms with Crippen LogP contribution < -0.4 is 0 Å². The van der Waals surface area contributed by atoms with E-state index in [1.165, 1.54) is 11.6 Å². The molecule has 1 N–H and O–H groups in total. The summed E-state index contributed by atoms with van der Waals surface area (Å²) in [4.78, 5) is 14.9. The van der Waals surface area contributed by atoms with Crippen LogP contribution in [0, 0.1) is 0 Å². The second-order valence-corrected chi connectivity index (χ2v) is 5.13. The van der Waals surface area contributed by atoms with Crippen LogP contribution in [0.2, 0.25) is 0 Å². The standard InChI is InChI=1S/C18H21NO2/c1-4-21-18(20)12-10-15-14-7-5-6-8-16(14)19-17(15)11-9-13(2)3/h5-10,12,19H,4,11H2,1-3H3/b12-10+. The van der Waals surface area contributed by atoms with Gasteiger partial charge in [0, 0.05) is 34.7 Å². The van der Waals surface area contributed by atoms with Gasteiger partial charge in [-0.1, -0.05) is 29.8 Å². The Bertz CT molecular complexity index is 688. The van der Waals surface area contributed by atoms with Gasteiger partial charge in [-0.15, -0.1) is 0 Å². The zero-order valence-corrected chi connectivity index (χ0v) is 12.8. The molecule has 0 unspecified atom stereocenters. The fourth-order valence-electron chi connectivity index (χ4n) is 2.22. The monoisotopic (exact) mass is 283 g/mol. The number of nitrogens with one attached hydrogen (secondary N) is 1. The number of H-pyrrole nitrogens is 1. The highest BCUT2D eigenvalue weighted by Crippen LogP contribution is 2.24. The zero-order chi connectivity index (χ0) is 15.2. The number of hydrogen-bond donors (Lipinski definition) is 1. The highest BCUT2D eigenvalue weighted by molar-refractivity contribution is 5.95. The van der Waals surface area contributed by atoms with Crippen molar-refractivity contribution in [1.29, 1.82) is 0 Å². The van der Waals surface area contributed by atoms with Crippen LogP contribution in [0.15, 0.2) is 42.0 Å². The van der Waals surface area contributed by atoms with Gasteiger partial charge >= 0.3 is 5.97 Å². The van der Waals surface area contributed by atoms with Gasteiger partial charge < -0.3 is 9.72 Å². The number of aromatic amines is 1. The topological polar surface area (TPSA) is 42.1 Å². The van der Waals surface area contributed by atoms with Crippen LogP contribution in [0.4, 0.5) is 0 Å². The lowest BCUT2D eigenvalue weighted by atomic mass is 10.1. The van der Waals surface area contributed by atoms with Gasteiger partial charge in [-0.25, -0.2) is 4.79 Å². The molecule has 0 spiro atoms. The zero-order valence-electron chi connectivity index (χ0n) is 12.8. The number of allylic oxidation sites excluding steroid dienone is 2. The smallest absolute Gasteiger partial charge is 0.330 e. The number of carbonyl (C=O) groups is 1. The van der Waals surface area contributed by atoms with Gasteiger partial charge in [-0.2, -0.15) is 0 Å². The first-order valence-corrected chi connectivity index (χ1v) is 7.19. The molecule has 2 rings (SSSR count). The first-order valence-electron chi connectivity index (χ1n) is 7.19. The Morgan fingerprint density at radius 3 is 2.76 bits per heavy atom. The van der Waals surface area contributed by atoms with E-state index in [1.807, 2.05) is 24.3 Å². The number of rotatable bonds is 5. The van der Waals surface area contributed by atoms with E-state index in [2.05, 4.69) is 31.0 Å². The summed E-state index contributed by atoms with van der Waals surface area (Å²) in [5, 5.41) is 1.12. The van der Waals surface area contributed by atoms with Gasteiger partial charge in [0.1, 0.15) is 0 Å². The summed E-state index contributed by atoms with van der Waals surface area (Å²) < 4.78 is 4.94. The lowest BCUT2D eigenvalue weighted by molar-refractivity contribution is -0.137. The summed E-state index contributed by atoms with van der Waals surface area (Å²) in [6.07, 6.45) is 6.32. The summed E-state index contributed by atoms with van der Waals surface area (Å²) in [5.41, 5.74) is 4.52. The van der Waals surface area contributed by atoms with E-state index in [9.17, 15) is 4.79 Å². The molecule has 0 aliphatic rings. The molecule has 21 heavy (non-hydrogen) atoms. The van der Waals surface area contributed by atoms with Crippen molar-refractivity contribution in [3.63, 3.8) is 0 Å². The largest absolute Gasteiger partial charge is 0.463 e. The maximum atomic E-state index is 11.5. The van der Waals surface area contributed by atoms with Crippen LogP contribution in [0.25, 0.3) is 17.0 Å². The third-order valence-corrected chi connectivity index (χ3v) is 3.22. The molecule has 0 bridgehead atoms. The minimum absolute atomic E-state index is 0.309. The molecule has 0 aliphatic heterocycles. The first-order chi connectivity index (χ1) is 10.1. The van der Waals surface area contributed by atoms with Gasteiger partial charge in [-0.3, -0.25) is 0 Å². The molecule has 110 valence electrons. The Balaban J connectivity index is 2.40. The number of benzene rings is 1. The Morgan fingerprint density at radius 1 is 1.29 bits per heavy atom. The molecule has 1 aromatic carbocycles. The summed E-state index contributed by atoms with van der Waals surface area (Å²) in [5.74, 6) is -0.309. The van der Waals surface area contributed by atoms with Crippen molar-refractivity contribution >= 4 is 22.9 Å². The van der Waals surface area contributed by atoms with E-state index < -0.39 is 0 Å². The molecule has 0 radical (unpaired) electrons. The molecule has 0 saturated heterocycles. The summed E-state index contributed by atoms with van der Waals surface area (Å²) in [6, 6.07) is 8.11. The average molecular weight is 283 g/mol. The minimum Gasteiger partial charge on any atom is -0.463 e. The maximum Gasteiger partial charge on any atom is 0.330 e. The van der Waals surface area contributed by atoms with Crippen molar-refractivity contribution in [3.05, 3.63) is 53.2 Å². The summed E-state index contributed by atoms with van der Waals surface area (Å²) in [6.45, 7) is 6.35. The van der Waals surface area contributed by atoms with Crippen LogP contribution in [0.3, 0.4) is 0 Å². The van der Waals surface area contributed by atoms with Crippen LogP contribution >= 0.6 is 0 Å². The van der Waals surface area contributed by atoms with E-state index in [4.69, 9.17) is 4.74 Å². The van der Waals surface area contributed by atoms with Crippen LogP contribution in [0.1, 0.15) is 32.0 Å². The molecule has 3 nitrogen and oxygen atoms in total. The second kappa shape index (κ2) is 6.93. The van der Waals surface area contributed by atoms with Crippen LogP contribution in [-0.2, 0) is 16.0 Å². The molecule has 0 aliphatic carbocycles. The molecular formula is C18H21NO2. The van der Waals surface area contributed by atoms with E-state index in [0.717, 1.165) is 28.6 Å². The molecule has 0 amide bonds. The molecule has 2 aromatic rings. The third-order valence-electron chi connectivity index (χ3n) is 3.22. The summed E-state index contributed by atoms with van der Waals surface area (Å²) in [7, 11) is 0. The van der Waals surface area contributed by atoms with Crippen LogP contribution in [0.5, 0.6) is 0 Å². The number of esters is 1. The molecule has 1 aromatic heterocycles. The van der Waals surface area contributed by atoms with Crippen molar-refractivity contribution in [3.8, 4) is 0 Å². The highest BCUT2D eigenvalue weighted by Gasteiger charge is 2.08. The fraction of sp³-hybridized carbons (Fsp3) is 0.278. The Kier molecular flexibility index (Phi) is 4.99. The van der Waals surface area contributed by atoms with Crippen LogP contribution in [-0.4, -0.2) is 17.6 Å². The number of carbonyl (C=O) groups excluding carboxylic acids is 1. The predicted octanol–water partition coefficient (Wildman–Crippen LogP) is 4.25. The predicted molar refractivity (Wildman–Crippen MR) is 87.1 cm³/mol. The SMILES string of the molecule is CCOC(=O)/C=C/c1c(CC=C(C)C)[nH]c2ccccc12. The van der Waals surface area contributed by atoms with Gasteiger partial charge in [-0.05, 0) is 32.9 Å². The molecule has 0 fully saturated rings. The van der Waals surface area contributed by atoms with E-state index in [-0.39, 0.29) is 5.97 Å². The number of para-hydroxylation sites is 1. The number of ether oxygens (including phenoxy) is 1. The van der Waals surface area contributed by atoms with E-state index >= 15 is 0 Å². The molecule has 3 heteroatoms. The lowest BCUT2D eigenvalue weighted by Gasteiger charge is -1.99. The fourth-order valence-corrected chi connectivity index (χ4v) is 2.22. The van der Waals surface area contributed by atoms with Crippen molar-refractivity contribution in [2.45, 2.75) is 27.2 Å². The number of aromatic nitrogens is 1. The quantitative estimate of drug-likeness (QED) is 0.506. The van der Waals surface area contributed by atoms with Crippen molar-refractivity contribution in [2.75, 3.05) is 6.61 Å². The Morgan fingerprint density at radius 2 is 2.05 bits per heavy atom. The van der Waals surface area contributed by atoms with E-state index in [0.29, 0.717) is 6.61 Å². The number of hydrogen-bond acceptors (Lipinski definition) is 2. The van der Waals surface area contributed by atoms with Crippen molar-refractivity contribution in [1.82, 2.24) is 4.98 Å². The second-order valence-electron chi connectivity index (χ2n) is 5.13. The number of fused-ring (bicyclic) bond motifs is 1.